The molecular weight excluding hydrogens is 228 g/mol. The number of pyridine rings is 1. The molecule has 3 rings (SSSR count). The van der Waals surface area contributed by atoms with Gasteiger partial charge in [0.25, 0.3) is 0 Å². The van der Waals surface area contributed by atoms with Crippen molar-refractivity contribution in [2.75, 3.05) is 0 Å². The van der Waals surface area contributed by atoms with E-state index in [1.165, 1.54) is 0 Å². The Morgan fingerprint density at radius 1 is 1.33 bits per heavy atom. The molecule has 2 atom stereocenters. The van der Waals surface area contributed by atoms with E-state index in [9.17, 15) is 9.59 Å². The van der Waals surface area contributed by atoms with Crippen LogP contribution in [0.1, 0.15) is 24.8 Å². The Labute approximate surface area is 105 Å². The zero-order valence-electron chi connectivity index (χ0n) is 9.93. The number of fused-ring (bicyclic) bond motifs is 1. The SMILES string of the molecule is O=C1CCC2C=C(c3cccnc3)C(=O)CC2N1. The Hall–Kier alpha value is -1.97. The highest BCUT2D eigenvalue weighted by Crippen LogP contribution is 2.31. The molecule has 1 amide bonds. The van der Waals surface area contributed by atoms with E-state index < -0.39 is 0 Å². The van der Waals surface area contributed by atoms with E-state index in [1.54, 1.807) is 12.4 Å². The second kappa shape index (κ2) is 4.37. The average molecular weight is 242 g/mol. The fourth-order valence-corrected chi connectivity index (χ4v) is 2.68. The lowest BCUT2D eigenvalue weighted by atomic mass is 9.79. The summed E-state index contributed by atoms with van der Waals surface area (Å²) in [4.78, 5) is 27.5. The van der Waals surface area contributed by atoms with E-state index in [-0.39, 0.29) is 23.7 Å². The minimum absolute atomic E-state index is 0.0147. The van der Waals surface area contributed by atoms with Gasteiger partial charge >= 0.3 is 0 Å². The van der Waals surface area contributed by atoms with E-state index in [0.717, 1.165) is 17.6 Å². The van der Waals surface area contributed by atoms with Crippen molar-refractivity contribution in [3.05, 3.63) is 36.2 Å². The van der Waals surface area contributed by atoms with E-state index >= 15 is 0 Å². The van der Waals surface area contributed by atoms with Gasteiger partial charge in [0.05, 0.1) is 0 Å². The largest absolute Gasteiger partial charge is 0.352 e. The van der Waals surface area contributed by atoms with Crippen LogP contribution in [0.4, 0.5) is 0 Å². The number of ketones is 1. The van der Waals surface area contributed by atoms with Crippen LogP contribution in [0.3, 0.4) is 0 Å². The summed E-state index contributed by atoms with van der Waals surface area (Å²) >= 11 is 0. The number of Topliss-reactive ketones (excluding diaryl/α,β-unsaturated/α-hetero) is 1. The van der Waals surface area contributed by atoms with Crippen LogP contribution >= 0.6 is 0 Å². The van der Waals surface area contributed by atoms with Gasteiger partial charge in [-0.25, -0.2) is 0 Å². The van der Waals surface area contributed by atoms with Gasteiger partial charge in [0, 0.05) is 42.4 Å². The second-order valence-electron chi connectivity index (χ2n) is 4.83. The highest BCUT2D eigenvalue weighted by Gasteiger charge is 2.34. The zero-order chi connectivity index (χ0) is 12.5. The summed E-state index contributed by atoms with van der Waals surface area (Å²) in [6.45, 7) is 0. The summed E-state index contributed by atoms with van der Waals surface area (Å²) in [6.07, 6.45) is 7.19. The monoisotopic (exact) mass is 242 g/mol. The average Bonchev–Trinajstić information content (AvgIpc) is 2.39. The summed E-state index contributed by atoms with van der Waals surface area (Å²) in [6, 6.07) is 3.72. The van der Waals surface area contributed by atoms with Crippen LogP contribution in [-0.4, -0.2) is 22.7 Å². The van der Waals surface area contributed by atoms with Gasteiger partial charge in [0.2, 0.25) is 5.91 Å². The van der Waals surface area contributed by atoms with Gasteiger partial charge < -0.3 is 5.32 Å². The molecule has 0 spiro atoms. The van der Waals surface area contributed by atoms with Crippen LogP contribution in [0.25, 0.3) is 5.57 Å². The van der Waals surface area contributed by atoms with E-state index in [2.05, 4.69) is 10.3 Å². The van der Waals surface area contributed by atoms with Crippen LogP contribution in [0.5, 0.6) is 0 Å². The van der Waals surface area contributed by atoms with Crippen molar-refractivity contribution < 1.29 is 9.59 Å². The molecule has 1 saturated heterocycles. The predicted molar refractivity (Wildman–Crippen MR) is 66.5 cm³/mol. The summed E-state index contributed by atoms with van der Waals surface area (Å²) in [7, 11) is 0. The maximum Gasteiger partial charge on any atom is 0.220 e. The van der Waals surface area contributed by atoms with Crippen molar-refractivity contribution in [1.29, 1.82) is 0 Å². The van der Waals surface area contributed by atoms with E-state index in [0.29, 0.717) is 12.8 Å². The van der Waals surface area contributed by atoms with Crippen molar-refractivity contribution in [2.24, 2.45) is 5.92 Å². The molecule has 0 bridgehead atoms. The van der Waals surface area contributed by atoms with Crippen LogP contribution in [0, 0.1) is 5.92 Å². The molecule has 0 saturated carbocycles. The molecule has 1 fully saturated rings. The fourth-order valence-electron chi connectivity index (χ4n) is 2.68. The Bertz CT molecular complexity index is 522. The number of carbonyl (C=O) groups excluding carboxylic acids is 2. The molecule has 18 heavy (non-hydrogen) atoms. The number of allylic oxidation sites excluding steroid dienone is 1. The number of piperidine rings is 1. The third-order valence-electron chi connectivity index (χ3n) is 3.63. The maximum absolute atomic E-state index is 12.1. The topological polar surface area (TPSA) is 59.1 Å². The van der Waals surface area contributed by atoms with Gasteiger partial charge in [0.1, 0.15) is 0 Å². The van der Waals surface area contributed by atoms with Crippen LogP contribution < -0.4 is 5.32 Å². The summed E-state index contributed by atoms with van der Waals surface area (Å²) in [5.41, 5.74) is 1.62. The molecular formula is C14H14N2O2. The molecule has 0 radical (unpaired) electrons. The third kappa shape index (κ3) is 1.94. The lowest BCUT2D eigenvalue weighted by Gasteiger charge is -2.33. The number of rotatable bonds is 1. The molecule has 2 unspecified atom stereocenters. The maximum atomic E-state index is 12.1. The highest BCUT2D eigenvalue weighted by molar-refractivity contribution is 6.21. The normalized spacial score (nSPS) is 27.2. The summed E-state index contributed by atoms with van der Waals surface area (Å²) in [5, 5.41) is 2.90. The van der Waals surface area contributed by atoms with Crippen molar-refractivity contribution in [2.45, 2.75) is 25.3 Å². The van der Waals surface area contributed by atoms with Gasteiger partial charge in [-0.1, -0.05) is 12.1 Å². The number of amides is 1. The van der Waals surface area contributed by atoms with Crippen molar-refractivity contribution >= 4 is 17.3 Å². The van der Waals surface area contributed by atoms with Crippen LogP contribution in [0.15, 0.2) is 30.6 Å². The zero-order valence-corrected chi connectivity index (χ0v) is 9.93. The van der Waals surface area contributed by atoms with Crippen LogP contribution in [0.2, 0.25) is 0 Å². The van der Waals surface area contributed by atoms with E-state index in [1.807, 2.05) is 18.2 Å². The number of aromatic nitrogens is 1. The molecule has 1 aromatic heterocycles. The number of carbonyl (C=O) groups is 2. The Kier molecular flexibility index (Phi) is 2.70. The quantitative estimate of drug-likeness (QED) is 0.808. The number of hydrogen-bond donors (Lipinski definition) is 1. The Morgan fingerprint density at radius 2 is 2.22 bits per heavy atom. The van der Waals surface area contributed by atoms with Crippen molar-refractivity contribution in [3.8, 4) is 0 Å². The molecule has 92 valence electrons. The molecule has 2 aliphatic rings. The molecule has 4 nitrogen and oxygen atoms in total. The van der Waals surface area contributed by atoms with E-state index in [4.69, 9.17) is 0 Å². The number of nitrogens with zero attached hydrogens (tertiary/aromatic N) is 1. The van der Waals surface area contributed by atoms with Crippen molar-refractivity contribution in [3.63, 3.8) is 0 Å². The predicted octanol–water partition coefficient (Wildman–Crippen LogP) is 1.33. The first-order valence-electron chi connectivity index (χ1n) is 6.19. The minimum Gasteiger partial charge on any atom is -0.352 e. The van der Waals surface area contributed by atoms with Gasteiger partial charge in [0.15, 0.2) is 5.78 Å². The lowest BCUT2D eigenvalue weighted by molar-refractivity contribution is -0.124. The molecule has 2 heterocycles. The van der Waals surface area contributed by atoms with Gasteiger partial charge in [-0.3, -0.25) is 14.6 Å². The first-order valence-corrected chi connectivity index (χ1v) is 6.19. The third-order valence-corrected chi connectivity index (χ3v) is 3.63. The van der Waals surface area contributed by atoms with Crippen LogP contribution in [-0.2, 0) is 9.59 Å². The lowest BCUT2D eigenvalue weighted by Crippen LogP contribution is -2.47. The number of nitrogens with one attached hydrogen (secondary N) is 1. The molecule has 1 aliphatic heterocycles. The second-order valence-corrected chi connectivity index (χ2v) is 4.83. The van der Waals surface area contributed by atoms with Gasteiger partial charge in [-0.05, 0) is 18.4 Å². The van der Waals surface area contributed by atoms with Gasteiger partial charge in [-0.2, -0.15) is 0 Å². The smallest absolute Gasteiger partial charge is 0.220 e. The molecule has 1 aliphatic carbocycles. The standard InChI is InChI=1S/C14H14N2O2/c17-13-7-12-9(3-4-14(18)16-12)6-11(13)10-2-1-5-15-8-10/h1-2,5-6,8-9,12H,3-4,7H2,(H,16,18). The fraction of sp³-hybridized carbons (Fsp3) is 0.357. The first-order chi connectivity index (χ1) is 8.74. The molecule has 4 heteroatoms. The first kappa shape index (κ1) is 11.1. The van der Waals surface area contributed by atoms with Gasteiger partial charge in [-0.15, -0.1) is 0 Å². The highest BCUT2D eigenvalue weighted by atomic mass is 16.2. The Morgan fingerprint density at radius 3 is 3.00 bits per heavy atom. The number of hydrogen-bond acceptors (Lipinski definition) is 3. The Balaban J connectivity index is 1.92. The summed E-state index contributed by atoms with van der Waals surface area (Å²) in [5.74, 6) is 0.421. The molecule has 1 N–H and O–H groups in total. The minimum atomic E-state index is -0.0147. The summed E-state index contributed by atoms with van der Waals surface area (Å²) < 4.78 is 0. The van der Waals surface area contributed by atoms with Crippen molar-refractivity contribution in [1.82, 2.24) is 10.3 Å². The molecule has 0 aromatic carbocycles. The molecule has 1 aromatic rings.